The lowest BCUT2D eigenvalue weighted by molar-refractivity contribution is -0.276. The molecule has 1 aromatic heterocycles. The number of hydrogen-bond acceptors (Lipinski definition) is 5. The van der Waals surface area contributed by atoms with E-state index < -0.39 is 27.2 Å². The van der Waals surface area contributed by atoms with Gasteiger partial charge in [-0.1, -0.05) is 0 Å². The molecule has 0 spiro atoms. The van der Waals surface area contributed by atoms with E-state index in [2.05, 4.69) is 14.5 Å². The van der Waals surface area contributed by atoms with Crippen molar-refractivity contribution in [2.45, 2.75) is 18.2 Å². The fourth-order valence-electron chi connectivity index (χ4n) is 1.15. The molecule has 0 saturated carbocycles. The summed E-state index contributed by atoms with van der Waals surface area (Å²) in [4.78, 5) is 2.82. The number of primary sulfonamides is 1. The predicted molar refractivity (Wildman–Crippen MR) is 53.6 cm³/mol. The summed E-state index contributed by atoms with van der Waals surface area (Å²) in [5.74, 6) is -1.28. The summed E-state index contributed by atoms with van der Waals surface area (Å²) in [5, 5.41) is 4.87. The number of halogens is 3. The first-order valence-corrected chi connectivity index (χ1v) is 5.93. The van der Waals surface area contributed by atoms with Crippen LogP contribution < -0.4 is 14.6 Å². The summed E-state index contributed by atoms with van der Waals surface area (Å²) in [6.45, 7) is 1.09. The van der Waals surface area contributed by atoms with Crippen molar-refractivity contribution in [1.82, 2.24) is 4.98 Å². The molecular formula is C8H9F3N2O4S. The van der Waals surface area contributed by atoms with Gasteiger partial charge in [-0.25, -0.2) is 13.6 Å². The Balaban J connectivity index is 3.44. The molecule has 0 unspecified atom stereocenters. The summed E-state index contributed by atoms with van der Waals surface area (Å²) >= 11 is 0. The molecule has 0 atom stereocenters. The van der Waals surface area contributed by atoms with E-state index in [-0.39, 0.29) is 11.4 Å². The average Bonchev–Trinajstić information content (AvgIpc) is 2.17. The number of hydrogen-bond donors (Lipinski definition) is 1. The molecule has 0 aromatic carbocycles. The lowest BCUT2D eigenvalue weighted by Crippen LogP contribution is -2.21. The number of pyridine rings is 1. The van der Waals surface area contributed by atoms with Gasteiger partial charge in [0.15, 0.2) is 0 Å². The number of sulfonamides is 1. The summed E-state index contributed by atoms with van der Waals surface area (Å²) in [7, 11) is -3.10. The summed E-state index contributed by atoms with van der Waals surface area (Å²) in [6.07, 6.45) is -5.00. The molecule has 0 aliphatic carbocycles. The Labute approximate surface area is 101 Å². The van der Waals surface area contributed by atoms with Crippen LogP contribution in [0.2, 0.25) is 0 Å². The largest absolute Gasteiger partial charge is 0.574 e. The Morgan fingerprint density at radius 3 is 2.33 bits per heavy atom. The van der Waals surface area contributed by atoms with Crippen molar-refractivity contribution in [3.8, 4) is 11.8 Å². The molecule has 1 rings (SSSR count). The second-order valence-corrected chi connectivity index (χ2v) is 4.72. The minimum Gasteiger partial charge on any atom is -0.481 e. The molecule has 0 bridgehead atoms. The normalized spacial score (nSPS) is 12.3. The minimum atomic E-state index is -5.00. The smallest absolute Gasteiger partial charge is 0.481 e. The molecule has 1 aromatic rings. The second kappa shape index (κ2) is 4.61. The topological polar surface area (TPSA) is 91.5 Å². The molecule has 10 heteroatoms. The number of alkyl halides is 3. The molecule has 0 fully saturated rings. The molecule has 18 heavy (non-hydrogen) atoms. The Hall–Kier alpha value is -1.55. The zero-order valence-electron chi connectivity index (χ0n) is 9.28. The molecule has 0 aliphatic heterocycles. The SMILES string of the molecule is COc1cc(S(N)(=O)=O)c(C)c(OC(F)(F)F)n1. The van der Waals surface area contributed by atoms with Crippen LogP contribution in [-0.2, 0) is 10.0 Å². The van der Waals surface area contributed by atoms with Gasteiger partial charge in [0.25, 0.3) is 0 Å². The van der Waals surface area contributed by atoms with Crippen molar-refractivity contribution in [3.63, 3.8) is 0 Å². The molecule has 0 amide bonds. The van der Waals surface area contributed by atoms with Crippen LogP contribution in [-0.4, -0.2) is 26.9 Å². The highest BCUT2D eigenvalue weighted by molar-refractivity contribution is 7.89. The van der Waals surface area contributed by atoms with Gasteiger partial charge in [0.05, 0.1) is 12.0 Å². The van der Waals surface area contributed by atoms with Crippen LogP contribution in [0.5, 0.6) is 11.8 Å². The van der Waals surface area contributed by atoms with Crippen LogP contribution in [0, 0.1) is 6.92 Å². The van der Waals surface area contributed by atoms with Crippen molar-refractivity contribution in [2.75, 3.05) is 7.11 Å². The highest BCUT2D eigenvalue weighted by atomic mass is 32.2. The van der Waals surface area contributed by atoms with Crippen LogP contribution in [0.1, 0.15) is 5.56 Å². The van der Waals surface area contributed by atoms with E-state index in [9.17, 15) is 21.6 Å². The highest BCUT2D eigenvalue weighted by Crippen LogP contribution is 2.30. The molecule has 2 N–H and O–H groups in total. The molecule has 0 radical (unpaired) electrons. The van der Waals surface area contributed by atoms with Gasteiger partial charge in [0, 0.05) is 11.6 Å². The third-order valence-corrected chi connectivity index (χ3v) is 2.92. The average molecular weight is 286 g/mol. The van der Waals surface area contributed by atoms with E-state index in [1.54, 1.807) is 0 Å². The third kappa shape index (κ3) is 3.47. The fourth-order valence-corrected chi connectivity index (χ4v) is 1.93. The van der Waals surface area contributed by atoms with E-state index >= 15 is 0 Å². The lowest BCUT2D eigenvalue weighted by atomic mass is 10.3. The monoisotopic (exact) mass is 286 g/mol. The Kier molecular flexibility index (Phi) is 3.72. The summed E-state index contributed by atoms with van der Waals surface area (Å²) in [5.41, 5.74) is -0.351. The van der Waals surface area contributed by atoms with Crippen LogP contribution in [0.25, 0.3) is 0 Å². The first-order valence-electron chi connectivity index (χ1n) is 4.39. The van der Waals surface area contributed by atoms with Crippen molar-refractivity contribution in [3.05, 3.63) is 11.6 Å². The molecular weight excluding hydrogens is 277 g/mol. The Morgan fingerprint density at radius 2 is 1.94 bits per heavy atom. The van der Waals surface area contributed by atoms with Gasteiger partial charge in [0.2, 0.25) is 21.8 Å². The second-order valence-electron chi connectivity index (χ2n) is 3.19. The molecule has 0 saturated heterocycles. The number of ether oxygens (including phenoxy) is 2. The quantitative estimate of drug-likeness (QED) is 0.893. The third-order valence-electron chi connectivity index (χ3n) is 1.88. The number of rotatable bonds is 3. The Morgan fingerprint density at radius 1 is 1.39 bits per heavy atom. The summed E-state index contributed by atoms with van der Waals surface area (Å²) in [6, 6.07) is 0.911. The van der Waals surface area contributed by atoms with Gasteiger partial charge in [-0.15, -0.1) is 13.2 Å². The predicted octanol–water partition coefficient (Wildman–Crippen LogP) is 0.945. The maximum Gasteiger partial charge on any atom is 0.574 e. The minimum absolute atomic E-state index is 0.351. The van der Waals surface area contributed by atoms with Crippen LogP contribution >= 0.6 is 0 Å². The number of nitrogens with zero attached hydrogens (tertiary/aromatic N) is 1. The van der Waals surface area contributed by atoms with Gasteiger partial charge >= 0.3 is 6.36 Å². The first kappa shape index (κ1) is 14.5. The van der Waals surface area contributed by atoms with Gasteiger partial charge in [-0.2, -0.15) is 4.98 Å². The van der Waals surface area contributed by atoms with Gasteiger partial charge in [0.1, 0.15) is 0 Å². The maximum atomic E-state index is 12.1. The Bertz CT molecular complexity index is 556. The van der Waals surface area contributed by atoms with Crippen LogP contribution in [0.3, 0.4) is 0 Å². The lowest BCUT2D eigenvalue weighted by Gasteiger charge is -2.13. The molecule has 102 valence electrons. The number of methoxy groups -OCH3 is 1. The van der Waals surface area contributed by atoms with E-state index in [4.69, 9.17) is 5.14 Å². The van der Waals surface area contributed by atoms with E-state index in [0.29, 0.717) is 0 Å². The zero-order valence-corrected chi connectivity index (χ0v) is 10.1. The summed E-state index contributed by atoms with van der Waals surface area (Å²) < 4.78 is 66.9. The van der Waals surface area contributed by atoms with E-state index in [1.807, 2.05) is 0 Å². The van der Waals surface area contributed by atoms with Crippen molar-refractivity contribution in [2.24, 2.45) is 5.14 Å². The van der Waals surface area contributed by atoms with Gasteiger partial charge < -0.3 is 9.47 Å². The first-order chi connectivity index (χ1) is 8.04. The van der Waals surface area contributed by atoms with Gasteiger partial charge in [-0.05, 0) is 6.92 Å². The van der Waals surface area contributed by atoms with Crippen LogP contribution in [0.4, 0.5) is 13.2 Å². The zero-order chi connectivity index (χ0) is 14.1. The van der Waals surface area contributed by atoms with E-state index in [1.165, 1.54) is 0 Å². The highest BCUT2D eigenvalue weighted by Gasteiger charge is 2.34. The maximum absolute atomic E-state index is 12.1. The van der Waals surface area contributed by atoms with Gasteiger partial charge in [-0.3, -0.25) is 0 Å². The number of nitrogens with two attached hydrogens (primary N) is 1. The van der Waals surface area contributed by atoms with Crippen molar-refractivity contribution >= 4 is 10.0 Å². The van der Waals surface area contributed by atoms with Crippen LogP contribution in [0.15, 0.2) is 11.0 Å². The number of aromatic nitrogens is 1. The fraction of sp³-hybridized carbons (Fsp3) is 0.375. The van der Waals surface area contributed by atoms with Crippen molar-refractivity contribution in [1.29, 1.82) is 0 Å². The van der Waals surface area contributed by atoms with Crippen molar-refractivity contribution < 1.29 is 31.1 Å². The van der Waals surface area contributed by atoms with E-state index in [0.717, 1.165) is 20.1 Å². The standard InChI is InChI=1S/C8H9F3N2O4S/c1-4-5(18(12,14)15)3-6(16-2)13-7(4)17-8(9,10)11/h3H,1-2H3,(H2,12,14,15). The molecule has 6 nitrogen and oxygen atoms in total. The molecule has 0 aliphatic rings. The molecule has 1 heterocycles.